The monoisotopic (exact) mass is 401 g/mol. The van der Waals surface area contributed by atoms with Crippen LogP contribution >= 0.6 is 22.7 Å². The average Bonchev–Trinajstić information content (AvgIpc) is 3.16. The molecule has 0 saturated heterocycles. The van der Waals surface area contributed by atoms with E-state index in [1.54, 1.807) is 4.57 Å². The summed E-state index contributed by atoms with van der Waals surface area (Å²) in [5.41, 5.74) is 4.17. The van der Waals surface area contributed by atoms with Crippen LogP contribution < -0.4 is 10.2 Å². The lowest BCUT2D eigenvalue weighted by Crippen LogP contribution is -2.20. The molecule has 3 rings (SSSR count). The molecule has 0 radical (unpaired) electrons. The van der Waals surface area contributed by atoms with E-state index < -0.39 is 0 Å². The molecule has 0 unspecified atom stereocenters. The van der Waals surface area contributed by atoms with Crippen LogP contribution in [0.5, 0.6) is 0 Å². The quantitative estimate of drug-likeness (QED) is 0.628. The molecule has 0 bridgehead atoms. The first-order valence-corrected chi connectivity index (χ1v) is 10.7. The molecule has 1 amide bonds. The van der Waals surface area contributed by atoms with Crippen LogP contribution in [0, 0.1) is 13.8 Å². The number of thiazole rings is 2. The fraction of sp³-hybridized carbons (Fsp3) is 0.350. The van der Waals surface area contributed by atoms with Crippen LogP contribution in [0.2, 0.25) is 0 Å². The van der Waals surface area contributed by atoms with Gasteiger partial charge >= 0.3 is 4.87 Å². The minimum Gasteiger partial charge on any atom is -0.303 e. The molecule has 0 aliphatic heterocycles. The number of carbonyl (C=O) groups excluding carboxylic acids is 1. The first-order valence-electron chi connectivity index (χ1n) is 8.99. The standard InChI is InChI=1S/C20H23N3O2S2/c1-4-5-15-6-8-16(9-7-15)18-14(3)27-19(22-18)21-17(24)10-11-23-13(2)12-26-20(23)25/h6-9,12H,4-5,10-11H2,1-3H3,(H,21,22,24). The van der Waals surface area contributed by atoms with Crippen molar-refractivity contribution in [2.45, 2.75) is 46.6 Å². The fourth-order valence-electron chi connectivity index (χ4n) is 2.91. The topological polar surface area (TPSA) is 64.0 Å². The maximum absolute atomic E-state index is 12.2. The van der Waals surface area contributed by atoms with Gasteiger partial charge in [0.15, 0.2) is 5.13 Å². The molecular formula is C20H23N3O2S2. The molecule has 2 aromatic heterocycles. The van der Waals surface area contributed by atoms with Gasteiger partial charge in [-0.2, -0.15) is 0 Å². The number of hydrogen-bond donors (Lipinski definition) is 1. The van der Waals surface area contributed by atoms with E-state index in [9.17, 15) is 9.59 Å². The van der Waals surface area contributed by atoms with Crippen LogP contribution in [0.3, 0.4) is 0 Å². The number of nitrogens with zero attached hydrogens (tertiary/aromatic N) is 2. The smallest absolute Gasteiger partial charge is 0.303 e. The Bertz CT molecular complexity index is 984. The van der Waals surface area contributed by atoms with Gasteiger partial charge in [0.2, 0.25) is 5.91 Å². The van der Waals surface area contributed by atoms with E-state index in [0.29, 0.717) is 11.7 Å². The van der Waals surface area contributed by atoms with E-state index in [4.69, 9.17) is 0 Å². The van der Waals surface area contributed by atoms with Crippen molar-refractivity contribution in [3.63, 3.8) is 0 Å². The van der Waals surface area contributed by atoms with Gasteiger partial charge in [-0.3, -0.25) is 9.59 Å². The highest BCUT2D eigenvalue weighted by Gasteiger charge is 2.13. The van der Waals surface area contributed by atoms with E-state index in [1.807, 2.05) is 19.2 Å². The van der Waals surface area contributed by atoms with Gasteiger partial charge in [-0.25, -0.2) is 4.98 Å². The Morgan fingerprint density at radius 3 is 2.59 bits per heavy atom. The highest BCUT2D eigenvalue weighted by atomic mass is 32.1. The number of aryl methyl sites for hydroxylation is 3. The SMILES string of the molecule is CCCc1ccc(-c2nc(NC(=O)CCn3c(C)csc3=O)sc2C)cc1. The molecule has 27 heavy (non-hydrogen) atoms. The van der Waals surface area contributed by atoms with Crippen molar-refractivity contribution >= 4 is 33.7 Å². The predicted octanol–water partition coefficient (Wildman–Crippen LogP) is 4.63. The summed E-state index contributed by atoms with van der Waals surface area (Å²) in [6.45, 7) is 6.44. The van der Waals surface area contributed by atoms with E-state index in [0.717, 1.165) is 46.0 Å². The number of rotatable bonds is 7. The third-order valence-corrected chi connectivity index (χ3v) is 6.12. The summed E-state index contributed by atoms with van der Waals surface area (Å²) >= 11 is 2.63. The predicted molar refractivity (Wildman–Crippen MR) is 113 cm³/mol. The largest absolute Gasteiger partial charge is 0.307 e. The Kier molecular flexibility index (Phi) is 6.23. The number of aromatic nitrogens is 2. The first kappa shape index (κ1) is 19.5. The Morgan fingerprint density at radius 2 is 1.96 bits per heavy atom. The van der Waals surface area contributed by atoms with Crippen molar-refractivity contribution in [2.75, 3.05) is 5.32 Å². The summed E-state index contributed by atoms with van der Waals surface area (Å²) < 4.78 is 1.63. The molecule has 0 fully saturated rings. The molecule has 0 spiro atoms. The lowest BCUT2D eigenvalue weighted by Gasteiger charge is -2.04. The Morgan fingerprint density at radius 1 is 1.22 bits per heavy atom. The number of carbonyl (C=O) groups is 1. The highest BCUT2D eigenvalue weighted by Crippen LogP contribution is 2.30. The van der Waals surface area contributed by atoms with Crippen molar-refractivity contribution in [3.8, 4) is 11.3 Å². The summed E-state index contributed by atoms with van der Waals surface area (Å²) in [5.74, 6) is -0.133. The van der Waals surface area contributed by atoms with Gasteiger partial charge < -0.3 is 9.88 Å². The molecule has 7 heteroatoms. The zero-order chi connectivity index (χ0) is 19.4. The van der Waals surface area contributed by atoms with Crippen LogP contribution in [0.15, 0.2) is 34.4 Å². The number of hydrogen-bond acceptors (Lipinski definition) is 5. The number of benzene rings is 1. The second kappa shape index (κ2) is 8.63. The summed E-state index contributed by atoms with van der Waals surface area (Å²) in [5, 5.41) is 5.27. The summed E-state index contributed by atoms with van der Waals surface area (Å²) in [6.07, 6.45) is 2.45. The van der Waals surface area contributed by atoms with Crippen LogP contribution in [0.4, 0.5) is 5.13 Å². The van der Waals surface area contributed by atoms with Crippen LogP contribution in [-0.4, -0.2) is 15.5 Å². The summed E-state index contributed by atoms with van der Waals surface area (Å²) in [4.78, 5) is 29.6. The normalized spacial score (nSPS) is 10.9. The van der Waals surface area contributed by atoms with Crippen LogP contribution in [0.1, 0.15) is 35.9 Å². The van der Waals surface area contributed by atoms with Gasteiger partial charge in [0.1, 0.15) is 0 Å². The van der Waals surface area contributed by atoms with Gasteiger partial charge in [-0.1, -0.05) is 48.9 Å². The van der Waals surface area contributed by atoms with Gasteiger partial charge in [-0.05, 0) is 25.8 Å². The molecule has 5 nitrogen and oxygen atoms in total. The molecule has 1 aromatic carbocycles. The highest BCUT2D eigenvalue weighted by molar-refractivity contribution is 7.16. The molecule has 142 valence electrons. The van der Waals surface area contributed by atoms with Crippen molar-refractivity contribution in [1.82, 2.24) is 9.55 Å². The molecule has 0 aliphatic rings. The van der Waals surface area contributed by atoms with Crippen LogP contribution in [-0.2, 0) is 17.8 Å². The van der Waals surface area contributed by atoms with Crippen molar-refractivity contribution in [3.05, 3.63) is 55.4 Å². The maximum Gasteiger partial charge on any atom is 0.307 e. The molecule has 2 heterocycles. The van der Waals surface area contributed by atoms with Crippen molar-refractivity contribution in [1.29, 1.82) is 0 Å². The van der Waals surface area contributed by atoms with E-state index >= 15 is 0 Å². The third kappa shape index (κ3) is 4.73. The van der Waals surface area contributed by atoms with E-state index in [2.05, 4.69) is 41.5 Å². The minimum atomic E-state index is -0.133. The molecule has 0 aliphatic carbocycles. The Hall–Kier alpha value is -2.25. The first-order chi connectivity index (χ1) is 13.0. The van der Waals surface area contributed by atoms with E-state index in [-0.39, 0.29) is 17.2 Å². The zero-order valence-corrected chi connectivity index (χ0v) is 17.4. The molecule has 0 atom stereocenters. The minimum absolute atomic E-state index is 0.0285. The zero-order valence-electron chi connectivity index (χ0n) is 15.7. The number of amides is 1. The van der Waals surface area contributed by atoms with Gasteiger partial charge in [0, 0.05) is 34.5 Å². The molecular weight excluding hydrogens is 378 g/mol. The second-order valence-corrected chi connectivity index (χ2v) is 8.49. The molecule has 0 saturated carbocycles. The lowest BCUT2D eigenvalue weighted by atomic mass is 10.1. The van der Waals surface area contributed by atoms with Gasteiger partial charge in [0.25, 0.3) is 0 Å². The summed E-state index contributed by atoms with van der Waals surface area (Å²) in [7, 11) is 0. The van der Waals surface area contributed by atoms with Gasteiger partial charge in [0.05, 0.1) is 5.69 Å². The molecule has 1 N–H and O–H groups in total. The average molecular weight is 402 g/mol. The van der Waals surface area contributed by atoms with Gasteiger partial charge in [-0.15, -0.1) is 11.3 Å². The van der Waals surface area contributed by atoms with Crippen molar-refractivity contribution < 1.29 is 4.79 Å². The second-order valence-electron chi connectivity index (χ2n) is 6.46. The van der Waals surface area contributed by atoms with E-state index in [1.165, 1.54) is 16.9 Å². The fourth-order valence-corrected chi connectivity index (χ4v) is 4.52. The molecule has 3 aromatic rings. The number of nitrogens with one attached hydrogen (secondary N) is 1. The maximum atomic E-state index is 12.2. The van der Waals surface area contributed by atoms with Crippen molar-refractivity contribution in [2.24, 2.45) is 0 Å². The number of anilines is 1. The Labute approximate surface area is 166 Å². The third-order valence-electron chi connectivity index (χ3n) is 4.35. The van der Waals surface area contributed by atoms with Crippen LogP contribution in [0.25, 0.3) is 11.3 Å². The lowest BCUT2D eigenvalue weighted by molar-refractivity contribution is -0.116. The Balaban J connectivity index is 1.65. The summed E-state index contributed by atoms with van der Waals surface area (Å²) in [6, 6.07) is 8.45.